The predicted octanol–water partition coefficient (Wildman–Crippen LogP) is 3.34. The summed E-state index contributed by atoms with van der Waals surface area (Å²) in [6.45, 7) is 9.01. The molecule has 3 aromatic rings. The summed E-state index contributed by atoms with van der Waals surface area (Å²) in [7, 11) is -2.14. The molecule has 2 aliphatic rings. The van der Waals surface area contributed by atoms with Gasteiger partial charge in [-0.2, -0.15) is 9.97 Å². The zero-order valence-electron chi connectivity index (χ0n) is 23.6. The van der Waals surface area contributed by atoms with Crippen LogP contribution in [0.25, 0.3) is 0 Å². The van der Waals surface area contributed by atoms with E-state index in [0.29, 0.717) is 60.0 Å². The molecule has 0 radical (unpaired) electrons. The summed E-state index contributed by atoms with van der Waals surface area (Å²) in [5, 5.41) is 9.79. The molecule has 0 spiro atoms. The van der Waals surface area contributed by atoms with Crippen molar-refractivity contribution < 1.29 is 22.6 Å². The van der Waals surface area contributed by atoms with Crippen LogP contribution in [0, 0.1) is 0 Å². The van der Waals surface area contributed by atoms with E-state index in [1.165, 1.54) is 0 Å². The van der Waals surface area contributed by atoms with Gasteiger partial charge < -0.3 is 30.2 Å². The molecule has 13 heteroatoms. The maximum absolute atomic E-state index is 13.0. The number of methoxy groups -OCH3 is 1. The molecule has 4 N–H and O–H groups in total. The van der Waals surface area contributed by atoms with Gasteiger partial charge in [0.05, 0.1) is 31.7 Å². The smallest absolute Gasteiger partial charge is 0.242 e. The first kappa shape index (κ1) is 28.9. The molecule has 1 fully saturated rings. The van der Waals surface area contributed by atoms with Gasteiger partial charge in [-0.25, -0.2) is 13.1 Å². The Kier molecular flexibility index (Phi) is 9.08. The fourth-order valence-corrected chi connectivity index (χ4v) is 6.15. The summed E-state index contributed by atoms with van der Waals surface area (Å²) in [5.41, 5.74) is 1.98. The first-order chi connectivity index (χ1) is 19.8. The lowest BCUT2D eigenvalue weighted by Crippen LogP contribution is -2.38. The largest absolute Gasteiger partial charge is 0.494 e. The Labute approximate surface area is 240 Å². The highest BCUT2D eigenvalue weighted by Gasteiger charge is 2.24. The SMILES string of the molecule is COc1cc(OCCN2CCOCC2)ccc1Nc1nc2c(c(Nc3ccccc3S(=O)(=O)NC(C)C)n1)CCN2. The Balaban J connectivity index is 1.35. The highest BCUT2D eigenvalue weighted by atomic mass is 32.2. The predicted molar refractivity (Wildman–Crippen MR) is 158 cm³/mol. The van der Waals surface area contributed by atoms with Gasteiger partial charge in [-0.1, -0.05) is 12.1 Å². The van der Waals surface area contributed by atoms with Crippen molar-refractivity contribution in [2.75, 3.05) is 69.1 Å². The van der Waals surface area contributed by atoms with Crippen molar-refractivity contribution in [3.05, 3.63) is 48.0 Å². The number of sulfonamides is 1. The summed E-state index contributed by atoms with van der Waals surface area (Å²) in [6.07, 6.45) is 0.705. The molecule has 12 nitrogen and oxygen atoms in total. The molecule has 3 heterocycles. The van der Waals surface area contributed by atoms with Gasteiger partial charge in [0.15, 0.2) is 0 Å². The summed E-state index contributed by atoms with van der Waals surface area (Å²) in [6, 6.07) is 12.1. The minimum absolute atomic E-state index is 0.146. The minimum atomic E-state index is -3.73. The number of ether oxygens (including phenoxy) is 3. The molecule has 1 saturated heterocycles. The van der Waals surface area contributed by atoms with Gasteiger partial charge in [0.25, 0.3) is 0 Å². The van der Waals surface area contributed by atoms with Crippen LogP contribution < -0.4 is 30.1 Å². The van der Waals surface area contributed by atoms with Crippen LogP contribution in [-0.4, -0.2) is 82.4 Å². The standard InChI is InChI=1S/C28H37N7O5S/c1-19(2)34-41(36,37)25-7-5-4-6-23(25)30-27-21-10-11-29-26(21)32-28(33-27)31-22-9-8-20(18-24(22)38-3)40-17-14-35-12-15-39-16-13-35/h4-9,18-19,34H,10-17H2,1-3H3,(H3,29,30,31,32,33). The second-order valence-electron chi connectivity index (χ2n) is 10.1. The third-order valence-corrected chi connectivity index (χ3v) is 8.41. The van der Waals surface area contributed by atoms with E-state index in [4.69, 9.17) is 19.2 Å². The normalized spacial score (nSPS) is 15.3. The van der Waals surface area contributed by atoms with Gasteiger partial charge in [0, 0.05) is 43.9 Å². The number of morpholine rings is 1. The van der Waals surface area contributed by atoms with Crippen LogP contribution in [-0.2, 0) is 21.2 Å². The first-order valence-corrected chi connectivity index (χ1v) is 15.2. The van der Waals surface area contributed by atoms with E-state index in [2.05, 4.69) is 30.6 Å². The van der Waals surface area contributed by atoms with Crippen molar-refractivity contribution in [3.63, 3.8) is 0 Å². The molecular weight excluding hydrogens is 546 g/mol. The molecule has 2 aliphatic heterocycles. The fraction of sp³-hybridized carbons (Fsp3) is 0.429. The van der Waals surface area contributed by atoms with Gasteiger partial charge in [0.1, 0.15) is 34.6 Å². The van der Waals surface area contributed by atoms with Gasteiger partial charge >= 0.3 is 0 Å². The number of nitrogens with one attached hydrogen (secondary N) is 4. The molecule has 41 heavy (non-hydrogen) atoms. The van der Waals surface area contributed by atoms with E-state index < -0.39 is 10.0 Å². The zero-order chi connectivity index (χ0) is 28.8. The summed E-state index contributed by atoms with van der Waals surface area (Å²) >= 11 is 0. The average molecular weight is 584 g/mol. The number of hydrogen-bond donors (Lipinski definition) is 4. The van der Waals surface area contributed by atoms with Crippen LogP contribution in [0.5, 0.6) is 11.5 Å². The molecule has 0 unspecified atom stereocenters. The van der Waals surface area contributed by atoms with Crippen molar-refractivity contribution in [3.8, 4) is 11.5 Å². The van der Waals surface area contributed by atoms with Crippen LogP contribution >= 0.6 is 0 Å². The third-order valence-electron chi connectivity index (χ3n) is 6.69. The van der Waals surface area contributed by atoms with Crippen molar-refractivity contribution >= 4 is 39.0 Å². The molecule has 0 atom stereocenters. The second-order valence-corrected chi connectivity index (χ2v) is 11.8. The maximum Gasteiger partial charge on any atom is 0.242 e. The second kappa shape index (κ2) is 12.9. The van der Waals surface area contributed by atoms with E-state index >= 15 is 0 Å². The zero-order valence-corrected chi connectivity index (χ0v) is 24.4. The highest BCUT2D eigenvalue weighted by Crippen LogP contribution is 2.35. The number of nitrogens with zero attached hydrogens (tertiary/aromatic N) is 3. The Morgan fingerprint density at radius 1 is 1.07 bits per heavy atom. The van der Waals surface area contributed by atoms with Crippen molar-refractivity contribution in [1.29, 1.82) is 0 Å². The molecule has 1 aromatic heterocycles. The molecule has 220 valence electrons. The van der Waals surface area contributed by atoms with Gasteiger partial charge in [-0.15, -0.1) is 0 Å². The van der Waals surface area contributed by atoms with Crippen molar-refractivity contribution in [2.45, 2.75) is 31.2 Å². The molecule has 0 amide bonds. The van der Waals surface area contributed by atoms with E-state index in [1.807, 2.05) is 18.2 Å². The van der Waals surface area contributed by atoms with Crippen LogP contribution in [0.15, 0.2) is 47.4 Å². The molecular formula is C28H37N7O5S. The van der Waals surface area contributed by atoms with Gasteiger partial charge in [0.2, 0.25) is 16.0 Å². The number of benzene rings is 2. The van der Waals surface area contributed by atoms with Crippen LogP contribution in [0.3, 0.4) is 0 Å². The summed E-state index contributed by atoms with van der Waals surface area (Å²) in [4.78, 5) is 11.8. The number of fused-ring (bicyclic) bond motifs is 1. The monoisotopic (exact) mass is 583 g/mol. The van der Waals surface area contributed by atoms with E-state index in [0.717, 1.165) is 38.4 Å². The first-order valence-electron chi connectivity index (χ1n) is 13.7. The van der Waals surface area contributed by atoms with E-state index in [-0.39, 0.29) is 10.9 Å². The molecule has 0 bridgehead atoms. The minimum Gasteiger partial charge on any atom is -0.494 e. The molecule has 5 rings (SSSR count). The number of rotatable bonds is 12. The highest BCUT2D eigenvalue weighted by molar-refractivity contribution is 7.89. The molecule has 0 saturated carbocycles. The Bertz CT molecular complexity index is 1460. The van der Waals surface area contributed by atoms with Crippen LogP contribution in [0.1, 0.15) is 19.4 Å². The third kappa shape index (κ3) is 7.17. The van der Waals surface area contributed by atoms with Gasteiger partial charge in [-0.05, 0) is 44.5 Å². The topological polar surface area (TPSA) is 139 Å². The molecule has 2 aromatic carbocycles. The van der Waals surface area contributed by atoms with E-state index in [9.17, 15) is 8.42 Å². The van der Waals surface area contributed by atoms with Crippen LogP contribution in [0.2, 0.25) is 0 Å². The number of aromatic nitrogens is 2. The number of anilines is 5. The fourth-order valence-electron chi connectivity index (χ4n) is 4.74. The van der Waals surface area contributed by atoms with Crippen molar-refractivity contribution in [2.24, 2.45) is 0 Å². The quantitative estimate of drug-likeness (QED) is 0.250. The van der Waals surface area contributed by atoms with Gasteiger partial charge in [-0.3, -0.25) is 4.90 Å². The number of hydrogen-bond acceptors (Lipinski definition) is 11. The Hall–Kier alpha value is -3.65. The summed E-state index contributed by atoms with van der Waals surface area (Å²) < 4.78 is 45.6. The summed E-state index contributed by atoms with van der Waals surface area (Å²) in [5.74, 6) is 2.83. The lowest BCUT2D eigenvalue weighted by Gasteiger charge is -2.26. The van der Waals surface area contributed by atoms with Crippen LogP contribution in [0.4, 0.5) is 29.0 Å². The van der Waals surface area contributed by atoms with E-state index in [1.54, 1.807) is 45.2 Å². The Morgan fingerprint density at radius 3 is 2.66 bits per heavy atom. The number of para-hydroxylation sites is 1. The Morgan fingerprint density at radius 2 is 1.88 bits per heavy atom. The lowest BCUT2D eigenvalue weighted by molar-refractivity contribution is 0.0322. The maximum atomic E-state index is 13.0. The lowest BCUT2D eigenvalue weighted by atomic mass is 10.2. The molecule has 0 aliphatic carbocycles. The average Bonchev–Trinajstić information content (AvgIpc) is 3.43. The van der Waals surface area contributed by atoms with Crippen molar-refractivity contribution in [1.82, 2.24) is 19.6 Å².